The lowest BCUT2D eigenvalue weighted by atomic mass is 10.1. The van der Waals surface area contributed by atoms with E-state index in [4.69, 9.17) is 0 Å². The molecule has 0 fully saturated rings. The van der Waals surface area contributed by atoms with Crippen molar-refractivity contribution in [1.82, 2.24) is 10.6 Å². The molecule has 0 saturated carbocycles. The average molecular weight is 220 g/mol. The van der Waals surface area contributed by atoms with Gasteiger partial charge in [-0.1, -0.05) is 37.3 Å². The Kier molecular flexibility index (Phi) is 6.86. The summed E-state index contributed by atoms with van der Waals surface area (Å²) in [5.41, 5.74) is 1.41. The summed E-state index contributed by atoms with van der Waals surface area (Å²) in [6.45, 7) is 7.61. The van der Waals surface area contributed by atoms with E-state index in [0.717, 1.165) is 26.1 Å². The molecule has 90 valence electrons. The van der Waals surface area contributed by atoms with Crippen LogP contribution in [0.5, 0.6) is 0 Å². The number of nitrogens with one attached hydrogen (secondary N) is 2. The molecular weight excluding hydrogens is 196 g/mol. The summed E-state index contributed by atoms with van der Waals surface area (Å²) in [7, 11) is 0. The van der Waals surface area contributed by atoms with E-state index in [9.17, 15) is 0 Å². The second-order valence-electron chi connectivity index (χ2n) is 4.25. The Morgan fingerprint density at radius 3 is 2.50 bits per heavy atom. The highest BCUT2D eigenvalue weighted by Crippen LogP contribution is 1.97. The fourth-order valence-electron chi connectivity index (χ4n) is 1.55. The number of rotatable bonds is 8. The zero-order chi connectivity index (χ0) is 11.6. The quantitative estimate of drug-likeness (QED) is 0.656. The van der Waals surface area contributed by atoms with Crippen LogP contribution >= 0.6 is 0 Å². The molecule has 16 heavy (non-hydrogen) atoms. The Hall–Kier alpha value is -0.860. The molecule has 1 unspecified atom stereocenters. The predicted octanol–water partition coefficient (Wildman–Crippen LogP) is 2.21. The number of hydrogen-bond donors (Lipinski definition) is 2. The SMILES string of the molecule is CCC(C)NCCNCCc1ccccc1. The van der Waals surface area contributed by atoms with Crippen molar-refractivity contribution < 1.29 is 0 Å². The van der Waals surface area contributed by atoms with E-state index in [2.05, 4.69) is 54.8 Å². The van der Waals surface area contributed by atoms with Gasteiger partial charge in [0.25, 0.3) is 0 Å². The Morgan fingerprint density at radius 2 is 1.81 bits per heavy atom. The molecule has 0 heterocycles. The van der Waals surface area contributed by atoms with Gasteiger partial charge in [0.2, 0.25) is 0 Å². The molecule has 0 saturated heterocycles. The Morgan fingerprint density at radius 1 is 1.06 bits per heavy atom. The Bertz CT molecular complexity index is 259. The van der Waals surface area contributed by atoms with E-state index in [0.29, 0.717) is 6.04 Å². The minimum atomic E-state index is 0.635. The highest BCUT2D eigenvalue weighted by atomic mass is 15.0. The summed E-state index contributed by atoms with van der Waals surface area (Å²) in [6.07, 6.45) is 2.31. The monoisotopic (exact) mass is 220 g/mol. The van der Waals surface area contributed by atoms with Gasteiger partial charge >= 0.3 is 0 Å². The first-order chi connectivity index (χ1) is 7.83. The van der Waals surface area contributed by atoms with Crippen molar-refractivity contribution in [3.8, 4) is 0 Å². The van der Waals surface area contributed by atoms with Crippen LogP contribution in [0.25, 0.3) is 0 Å². The standard InChI is InChI=1S/C14H24N2/c1-3-13(2)16-12-11-15-10-9-14-7-5-4-6-8-14/h4-8,13,15-16H,3,9-12H2,1-2H3. The third kappa shape index (κ3) is 5.89. The van der Waals surface area contributed by atoms with Crippen LogP contribution in [-0.4, -0.2) is 25.7 Å². The van der Waals surface area contributed by atoms with Gasteiger partial charge in [0.1, 0.15) is 0 Å². The van der Waals surface area contributed by atoms with Crippen molar-refractivity contribution in [2.45, 2.75) is 32.7 Å². The Labute approximate surface area is 99.5 Å². The van der Waals surface area contributed by atoms with Gasteiger partial charge in [-0.25, -0.2) is 0 Å². The van der Waals surface area contributed by atoms with Gasteiger partial charge in [-0.3, -0.25) is 0 Å². The lowest BCUT2D eigenvalue weighted by molar-refractivity contribution is 0.518. The molecule has 0 radical (unpaired) electrons. The zero-order valence-corrected chi connectivity index (χ0v) is 10.5. The van der Waals surface area contributed by atoms with E-state index in [1.54, 1.807) is 0 Å². The second kappa shape index (κ2) is 8.31. The van der Waals surface area contributed by atoms with Crippen LogP contribution < -0.4 is 10.6 Å². The third-order valence-electron chi connectivity index (χ3n) is 2.84. The van der Waals surface area contributed by atoms with Crippen LogP contribution in [0.4, 0.5) is 0 Å². The molecule has 0 aliphatic heterocycles. The van der Waals surface area contributed by atoms with Crippen molar-refractivity contribution in [3.63, 3.8) is 0 Å². The molecule has 0 spiro atoms. The van der Waals surface area contributed by atoms with Gasteiger partial charge in [-0.05, 0) is 31.9 Å². The molecule has 1 atom stereocenters. The van der Waals surface area contributed by atoms with Gasteiger partial charge in [0.05, 0.1) is 0 Å². The summed E-state index contributed by atoms with van der Waals surface area (Å²) in [5.74, 6) is 0. The molecule has 1 rings (SSSR count). The van der Waals surface area contributed by atoms with Gasteiger partial charge in [-0.15, -0.1) is 0 Å². The van der Waals surface area contributed by atoms with Crippen LogP contribution in [0.3, 0.4) is 0 Å². The van der Waals surface area contributed by atoms with Gasteiger partial charge in [0.15, 0.2) is 0 Å². The number of benzene rings is 1. The van der Waals surface area contributed by atoms with E-state index < -0.39 is 0 Å². The molecule has 0 aliphatic rings. The van der Waals surface area contributed by atoms with Crippen LogP contribution in [0.15, 0.2) is 30.3 Å². The van der Waals surface area contributed by atoms with Crippen molar-refractivity contribution in [2.75, 3.05) is 19.6 Å². The fraction of sp³-hybridized carbons (Fsp3) is 0.571. The third-order valence-corrected chi connectivity index (χ3v) is 2.84. The molecule has 2 heteroatoms. The van der Waals surface area contributed by atoms with E-state index >= 15 is 0 Å². The summed E-state index contributed by atoms with van der Waals surface area (Å²) in [6, 6.07) is 11.3. The predicted molar refractivity (Wildman–Crippen MR) is 70.8 cm³/mol. The molecule has 1 aromatic carbocycles. The van der Waals surface area contributed by atoms with Crippen LogP contribution in [-0.2, 0) is 6.42 Å². The first-order valence-corrected chi connectivity index (χ1v) is 6.31. The van der Waals surface area contributed by atoms with Crippen LogP contribution in [0, 0.1) is 0 Å². The zero-order valence-electron chi connectivity index (χ0n) is 10.5. The van der Waals surface area contributed by atoms with E-state index in [1.807, 2.05) is 0 Å². The summed E-state index contributed by atoms with van der Waals surface area (Å²) in [4.78, 5) is 0. The summed E-state index contributed by atoms with van der Waals surface area (Å²) in [5, 5.41) is 6.92. The van der Waals surface area contributed by atoms with Crippen molar-refractivity contribution in [3.05, 3.63) is 35.9 Å². The molecule has 0 bridgehead atoms. The minimum absolute atomic E-state index is 0.635. The molecule has 0 aliphatic carbocycles. The topological polar surface area (TPSA) is 24.1 Å². The smallest absolute Gasteiger partial charge is 0.00792 e. The maximum absolute atomic E-state index is 3.47. The van der Waals surface area contributed by atoms with Gasteiger partial charge < -0.3 is 10.6 Å². The van der Waals surface area contributed by atoms with Gasteiger partial charge in [0, 0.05) is 19.1 Å². The maximum Gasteiger partial charge on any atom is 0.00792 e. The summed E-state index contributed by atoms with van der Waals surface area (Å²) >= 11 is 0. The van der Waals surface area contributed by atoms with E-state index in [-0.39, 0.29) is 0 Å². The first kappa shape index (κ1) is 13.2. The molecule has 2 N–H and O–H groups in total. The van der Waals surface area contributed by atoms with E-state index in [1.165, 1.54) is 12.0 Å². The largest absolute Gasteiger partial charge is 0.315 e. The van der Waals surface area contributed by atoms with Gasteiger partial charge in [-0.2, -0.15) is 0 Å². The van der Waals surface area contributed by atoms with Crippen LogP contribution in [0.2, 0.25) is 0 Å². The molecule has 2 nitrogen and oxygen atoms in total. The molecular formula is C14H24N2. The average Bonchev–Trinajstić information content (AvgIpc) is 2.34. The molecule has 0 amide bonds. The second-order valence-corrected chi connectivity index (χ2v) is 4.25. The first-order valence-electron chi connectivity index (χ1n) is 6.31. The normalized spacial score (nSPS) is 12.6. The van der Waals surface area contributed by atoms with Crippen molar-refractivity contribution >= 4 is 0 Å². The lowest BCUT2D eigenvalue weighted by Crippen LogP contribution is -2.33. The molecule has 1 aromatic rings. The summed E-state index contributed by atoms with van der Waals surface area (Å²) < 4.78 is 0. The molecule has 0 aromatic heterocycles. The number of hydrogen-bond acceptors (Lipinski definition) is 2. The van der Waals surface area contributed by atoms with Crippen molar-refractivity contribution in [2.24, 2.45) is 0 Å². The van der Waals surface area contributed by atoms with Crippen LogP contribution in [0.1, 0.15) is 25.8 Å². The lowest BCUT2D eigenvalue weighted by Gasteiger charge is -2.11. The highest BCUT2D eigenvalue weighted by molar-refractivity contribution is 5.14. The Balaban J connectivity index is 1.96. The maximum atomic E-state index is 3.47. The highest BCUT2D eigenvalue weighted by Gasteiger charge is 1.95. The minimum Gasteiger partial charge on any atom is -0.315 e. The fourth-order valence-corrected chi connectivity index (χ4v) is 1.55. The van der Waals surface area contributed by atoms with Crippen molar-refractivity contribution in [1.29, 1.82) is 0 Å².